The highest BCUT2D eigenvalue weighted by Crippen LogP contribution is 2.28. The van der Waals surface area contributed by atoms with Crippen molar-refractivity contribution in [1.82, 2.24) is 9.61 Å². The van der Waals surface area contributed by atoms with Gasteiger partial charge in [-0.15, -0.1) is 0 Å². The number of hydrogen-bond acceptors (Lipinski definition) is 8. The molecule has 0 aliphatic carbocycles. The zero-order chi connectivity index (χ0) is 23.6. The Morgan fingerprint density at radius 1 is 0.938 bits per heavy atom. The van der Waals surface area contributed by atoms with Crippen molar-refractivity contribution < 1.29 is 28.8 Å². The Morgan fingerprint density at radius 3 is 2.03 bits per heavy atom. The molecule has 10 heteroatoms. The lowest BCUT2D eigenvalue weighted by molar-refractivity contribution is -0.384. The summed E-state index contributed by atoms with van der Waals surface area (Å²) < 4.78 is 11.8. The number of carbonyl (C=O) groups is 3. The molecule has 0 saturated heterocycles. The van der Waals surface area contributed by atoms with Crippen molar-refractivity contribution in [2.24, 2.45) is 0 Å². The van der Waals surface area contributed by atoms with Gasteiger partial charge in [0.05, 0.1) is 22.6 Å². The van der Waals surface area contributed by atoms with Crippen LogP contribution in [-0.2, 0) is 9.47 Å². The van der Waals surface area contributed by atoms with Gasteiger partial charge in [0.15, 0.2) is 0 Å². The molecule has 0 radical (unpaired) electrons. The smallest absolute Gasteiger partial charge is 0.341 e. The van der Waals surface area contributed by atoms with Crippen molar-refractivity contribution in [2.45, 2.75) is 39.9 Å². The highest BCUT2D eigenvalue weighted by atomic mass is 16.6. The van der Waals surface area contributed by atoms with Crippen LogP contribution in [0.2, 0.25) is 0 Å². The van der Waals surface area contributed by atoms with Gasteiger partial charge in [0, 0.05) is 23.9 Å². The van der Waals surface area contributed by atoms with Crippen molar-refractivity contribution in [3.63, 3.8) is 0 Å². The summed E-state index contributed by atoms with van der Waals surface area (Å²) in [4.78, 5) is 49.7. The van der Waals surface area contributed by atoms with E-state index in [0.29, 0.717) is 0 Å². The molecule has 3 aromatic rings. The monoisotopic (exact) mass is 439 g/mol. The number of benzene rings is 1. The van der Waals surface area contributed by atoms with Crippen LogP contribution in [0, 0.1) is 10.1 Å². The zero-order valence-electron chi connectivity index (χ0n) is 17.9. The summed E-state index contributed by atoms with van der Waals surface area (Å²) in [5.41, 5.74) is -0.535. The first-order valence-electron chi connectivity index (χ1n) is 9.82. The zero-order valence-corrected chi connectivity index (χ0v) is 17.9. The lowest BCUT2D eigenvalue weighted by Gasteiger charge is -2.11. The Kier molecular flexibility index (Phi) is 6.33. The summed E-state index contributed by atoms with van der Waals surface area (Å²) in [5, 5.41) is 15.1. The molecular weight excluding hydrogens is 418 g/mol. The van der Waals surface area contributed by atoms with Crippen molar-refractivity contribution in [2.75, 3.05) is 0 Å². The first-order chi connectivity index (χ1) is 15.1. The predicted molar refractivity (Wildman–Crippen MR) is 113 cm³/mol. The topological polar surface area (TPSA) is 130 Å². The highest BCUT2D eigenvalue weighted by molar-refractivity contribution is 6.19. The molecule has 0 aliphatic rings. The standard InChI is InChI=1S/C22H21N3O7/c1-12(2)31-21(27)17-16-6-5-11-23-24(16)19(18(17)22(28)32-13(3)4)20(26)14-7-9-15(10-8-14)25(29)30/h5-13H,1-4H3. The normalized spacial score (nSPS) is 11.1. The maximum absolute atomic E-state index is 13.4. The highest BCUT2D eigenvalue weighted by Gasteiger charge is 2.35. The molecule has 0 N–H and O–H groups in total. The number of aromatic nitrogens is 2. The molecule has 0 spiro atoms. The number of nitro benzene ring substituents is 1. The molecule has 0 atom stereocenters. The summed E-state index contributed by atoms with van der Waals surface area (Å²) in [6.07, 6.45) is 0.404. The second-order valence-electron chi connectivity index (χ2n) is 7.46. The third-order valence-electron chi connectivity index (χ3n) is 4.35. The molecule has 2 aromatic heterocycles. The molecule has 0 aliphatic heterocycles. The molecule has 1 aromatic carbocycles. The summed E-state index contributed by atoms with van der Waals surface area (Å²) in [6.45, 7) is 6.58. The number of ether oxygens (including phenoxy) is 2. The largest absolute Gasteiger partial charge is 0.459 e. The molecular formula is C22H21N3O7. The van der Waals surface area contributed by atoms with Crippen LogP contribution in [0.15, 0.2) is 42.6 Å². The van der Waals surface area contributed by atoms with Crippen molar-refractivity contribution >= 4 is 28.9 Å². The van der Waals surface area contributed by atoms with Gasteiger partial charge in [-0.2, -0.15) is 5.10 Å². The van der Waals surface area contributed by atoms with Gasteiger partial charge in [0.2, 0.25) is 5.78 Å². The van der Waals surface area contributed by atoms with Crippen molar-refractivity contribution in [3.8, 4) is 0 Å². The van der Waals surface area contributed by atoms with Crippen LogP contribution in [-0.4, -0.2) is 44.5 Å². The van der Waals surface area contributed by atoms with Gasteiger partial charge < -0.3 is 9.47 Å². The molecule has 0 amide bonds. The number of fused-ring (bicyclic) bond motifs is 1. The first kappa shape index (κ1) is 22.6. The molecule has 2 heterocycles. The van der Waals surface area contributed by atoms with Crippen LogP contribution in [0.5, 0.6) is 0 Å². The van der Waals surface area contributed by atoms with Gasteiger partial charge in [-0.1, -0.05) is 0 Å². The third-order valence-corrected chi connectivity index (χ3v) is 4.35. The Labute approximate surface area is 182 Å². The minimum Gasteiger partial charge on any atom is -0.459 e. The summed E-state index contributed by atoms with van der Waals surface area (Å²) in [5.74, 6) is -2.34. The molecule has 32 heavy (non-hydrogen) atoms. The van der Waals surface area contributed by atoms with E-state index in [1.807, 2.05) is 0 Å². The predicted octanol–water partition coefficient (Wildman–Crippen LogP) is 3.60. The second-order valence-corrected chi connectivity index (χ2v) is 7.46. The first-order valence-corrected chi connectivity index (χ1v) is 9.82. The Hall–Kier alpha value is -4.08. The van der Waals surface area contributed by atoms with Crippen LogP contribution in [0.3, 0.4) is 0 Å². The van der Waals surface area contributed by atoms with Gasteiger partial charge in [-0.3, -0.25) is 14.9 Å². The van der Waals surface area contributed by atoms with Gasteiger partial charge >= 0.3 is 11.9 Å². The number of carbonyl (C=O) groups excluding carboxylic acids is 3. The maximum Gasteiger partial charge on any atom is 0.341 e. The number of nitro groups is 1. The van der Waals surface area contributed by atoms with E-state index in [9.17, 15) is 24.5 Å². The molecule has 10 nitrogen and oxygen atoms in total. The van der Waals surface area contributed by atoms with Gasteiger partial charge in [0.25, 0.3) is 5.69 Å². The van der Waals surface area contributed by atoms with E-state index in [2.05, 4.69) is 5.10 Å². The number of ketones is 1. The van der Waals surface area contributed by atoms with Crippen molar-refractivity contribution in [3.05, 3.63) is 75.1 Å². The number of non-ortho nitro benzene ring substituents is 1. The van der Waals surface area contributed by atoms with Crippen LogP contribution >= 0.6 is 0 Å². The van der Waals surface area contributed by atoms with Gasteiger partial charge in [0.1, 0.15) is 16.8 Å². The number of esters is 2. The van der Waals surface area contributed by atoms with Crippen LogP contribution in [0.25, 0.3) is 5.52 Å². The fourth-order valence-corrected chi connectivity index (χ4v) is 3.12. The SMILES string of the molecule is CC(C)OC(=O)c1c(C(=O)OC(C)C)c2cccnn2c1C(=O)c1ccc([N+](=O)[O-])cc1. The van der Waals surface area contributed by atoms with E-state index >= 15 is 0 Å². The molecule has 0 unspecified atom stereocenters. The maximum atomic E-state index is 13.4. The minimum atomic E-state index is -0.883. The quantitative estimate of drug-likeness (QED) is 0.236. The van der Waals surface area contributed by atoms with Gasteiger partial charge in [-0.25, -0.2) is 14.1 Å². The van der Waals surface area contributed by atoms with E-state index in [0.717, 1.165) is 0 Å². The Bertz CT molecular complexity index is 1210. The molecule has 0 fully saturated rings. The number of rotatable bonds is 7. The van der Waals surface area contributed by atoms with Crippen LogP contribution < -0.4 is 0 Å². The van der Waals surface area contributed by atoms with E-state index in [4.69, 9.17) is 9.47 Å². The number of hydrogen-bond donors (Lipinski definition) is 0. The van der Waals surface area contributed by atoms with Crippen molar-refractivity contribution in [1.29, 1.82) is 0 Å². The lowest BCUT2D eigenvalue weighted by atomic mass is 10.0. The fourth-order valence-electron chi connectivity index (χ4n) is 3.12. The van der Waals surface area contributed by atoms with Crippen LogP contribution in [0.1, 0.15) is 64.5 Å². The van der Waals surface area contributed by atoms with E-state index < -0.39 is 34.9 Å². The molecule has 0 saturated carbocycles. The number of nitrogens with zero attached hydrogens (tertiary/aromatic N) is 3. The van der Waals surface area contributed by atoms with E-state index in [1.54, 1.807) is 33.8 Å². The lowest BCUT2D eigenvalue weighted by Crippen LogP contribution is -2.20. The van der Waals surface area contributed by atoms with Crippen LogP contribution in [0.4, 0.5) is 5.69 Å². The fraction of sp³-hybridized carbons (Fsp3) is 0.273. The second kappa shape index (κ2) is 8.96. The summed E-state index contributed by atoms with van der Waals surface area (Å²) >= 11 is 0. The van der Waals surface area contributed by atoms with E-state index in [1.165, 1.54) is 41.0 Å². The Balaban J connectivity index is 2.28. The van der Waals surface area contributed by atoms with Gasteiger partial charge in [-0.05, 0) is 52.0 Å². The minimum absolute atomic E-state index is 0.0722. The summed E-state index contributed by atoms with van der Waals surface area (Å²) in [7, 11) is 0. The molecule has 3 rings (SSSR count). The average molecular weight is 439 g/mol. The Morgan fingerprint density at radius 2 is 1.50 bits per heavy atom. The van der Waals surface area contributed by atoms with E-state index in [-0.39, 0.29) is 33.6 Å². The molecule has 166 valence electrons. The molecule has 0 bridgehead atoms. The summed E-state index contributed by atoms with van der Waals surface area (Å²) in [6, 6.07) is 7.98. The average Bonchev–Trinajstić information content (AvgIpc) is 3.07. The third kappa shape index (κ3) is 4.34.